The molecule has 2 aliphatic rings. The number of aliphatic hydroxyl groups is 1. The SMILES string of the molecule is Cc1cc(C)cc(CN2C(=O)NC3(CC(CO)C3)C2=O)c1. The van der Waals surface area contributed by atoms with Gasteiger partial charge in [0.15, 0.2) is 0 Å². The van der Waals surface area contributed by atoms with Crippen molar-refractivity contribution in [3.8, 4) is 0 Å². The summed E-state index contributed by atoms with van der Waals surface area (Å²) in [5.41, 5.74) is 2.45. The molecule has 1 aliphatic carbocycles. The summed E-state index contributed by atoms with van der Waals surface area (Å²) in [5, 5.41) is 11.9. The summed E-state index contributed by atoms with van der Waals surface area (Å²) >= 11 is 0. The van der Waals surface area contributed by atoms with Gasteiger partial charge < -0.3 is 10.4 Å². The van der Waals surface area contributed by atoms with Crippen molar-refractivity contribution in [2.75, 3.05) is 6.61 Å². The number of carbonyl (C=O) groups is 2. The van der Waals surface area contributed by atoms with Crippen molar-refractivity contribution in [3.05, 3.63) is 34.9 Å². The van der Waals surface area contributed by atoms with Crippen LogP contribution in [0.15, 0.2) is 18.2 Å². The number of aliphatic hydroxyl groups excluding tert-OH is 1. The molecule has 5 heteroatoms. The summed E-state index contributed by atoms with van der Waals surface area (Å²) in [6.45, 7) is 4.38. The van der Waals surface area contributed by atoms with Gasteiger partial charge in [-0.05, 0) is 38.2 Å². The molecule has 1 aromatic carbocycles. The van der Waals surface area contributed by atoms with E-state index in [4.69, 9.17) is 5.11 Å². The third-order valence-electron chi connectivity index (χ3n) is 4.40. The zero-order valence-corrected chi connectivity index (χ0v) is 12.3. The van der Waals surface area contributed by atoms with E-state index in [9.17, 15) is 9.59 Å². The molecule has 0 aromatic heterocycles. The minimum absolute atomic E-state index is 0.0714. The molecule has 1 aromatic rings. The van der Waals surface area contributed by atoms with Crippen LogP contribution in [0.1, 0.15) is 29.5 Å². The quantitative estimate of drug-likeness (QED) is 0.828. The number of carbonyl (C=O) groups excluding carboxylic acids is 2. The summed E-state index contributed by atoms with van der Waals surface area (Å²) < 4.78 is 0. The zero-order chi connectivity index (χ0) is 15.2. The zero-order valence-electron chi connectivity index (χ0n) is 12.3. The minimum Gasteiger partial charge on any atom is -0.396 e. The Kier molecular flexibility index (Phi) is 3.24. The van der Waals surface area contributed by atoms with Gasteiger partial charge in [-0.3, -0.25) is 9.69 Å². The molecule has 5 nitrogen and oxygen atoms in total. The van der Waals surface area contributed by atoms with Gasteiger partial charge in [-0.25, -0.2) is 4.79 Å². The van der Waals surface area contributed by atoms with E-state index in [0.29, 0.717) is 19.4 Å². The molecule has 0 unspecified atom stereocenters. The molecule has 1 saturated carbocycles. The molecule has 2 fully saturated rings. The van der Waals surface area contributed by atoms with Crippen LogP contribution in [0.2, 0.25) is 0 Å². The predicted molar refractivity (Wildman–Crippen MR) is 77.5 cm³/mol. The molecular formula is C16H20N2O3. The minimum atomic E-state index is -0.761. The number of hydrogen-bond donors (Lipinski definition) is 2. The van der Waals surface area contributed by atoms with Crippen LogP contribution in [0.3, 0.4) is 0 Å². The lowest BCUT2D eigenvalue weighted by Crippen LogP contribution is -2.57. The Hall–Kier alpha value is -1.88. The van der Waals surface area contributed by atoms with Crippen molar-refractivity contribution < 1.29 is 14.7 Å². The van der Waals surface area contributed by atoms with Gasteiger partial charge in [0.1, 0.15) is 5.54 Å². The van der Waals surface area contributed by atoms with Gasteiger partial charge in [-0.1, -0.05) is 29.3 Å². The van der Waals surface area contributed by atoms with Gasteiger partial charge in [0, 0.05) is 6.61 Å². The van der Waals surface area contributed by atoms with Crippen LogP contribution in [0, 0.1) is 19.8 Å². The topological polar surface area (TPSA) is 69.6 Å². The van der Waals surface area contributed by atoms with Crippen molar-refractivity contribution in [3.63, 3.8) is 0 Å². The van der Waals surface area contributed by atoms with Crippen LogP contribution in [0.4, 0.5) is 4.79 Å². The molecule has 0 atom stereocenters. The fraction of sp³-hybridized carbons (Fsp3) is 0.500. The lowest BCUT2D eigenvalue weighted by Gasteiger charge is -2.41. The molecule has 21 heavy (non-hydrogen) atoms. The Labute approximate surface area is 123 Å². The Morgan fingerprint density at radius 2 is 1.86 bits per heavy atom. The van der Waals surface area contributed by atoms with E-state index in [0.717, 1.165) is 16.7 Å². The van der Waals surface area contributed by atoms with Crippen molar-refractivity contribution >= 4 is 11.9 Å². The van der Waals surface area contributed by atoms with Crippen LogP contribution < -0.4 is 5.32 Å². The average Bonchev–Trinajstić information content (AvgIpc) is 2.60. The third-order valence-corrected chi connectivity index (χ3v) is 4.40. The number of nitrogens with zero attached hydrogens (tertiary/aromatic N) is 1. The number of amides is 3. The molecule has 2 N–H and O–H groups in total. The smallest absolute Gasteiger partial charge is 0.325 e. The van der Waals surface area contributed by atoms with Gasteiger partial charge >= 0.3 is 6.03 Å². The predicted octanol–water partition coefficient (Wildman–Crippen LogP) is 1.50. The molecule has 0 radical (unpaired) electrons. The summed E-state index contributed by atoms with van der Waals surface area (Å²) in [6.07, 6.45) is 1.08. The molecule has 3 amide bonds. The van der Waals surface area contributed by atoms with Crippen molar-refractivity contribution in [1.82, 2.24) is 10.2 Å². The number of hydrogen-bond acceptors (Lipinski definition) is 3. The van der Waals surface area contributed by atoms with Crippen LogP contribution in [0.25, 0.3) is 0 Å². The van der Waals surface area contributed by atoms with Crippen LogP contribution in [-0.4, -0.2) is 34.1 Å². The maximum atomic E-state index is 12.5. The van der Waals surface area contributed by atoms with E-state index >= 15 is 0 Å². The number of imide groups is 1. The monoisotopic (exact) mass is 288 g/mol. The molecular weight excluding hydrogens is 268 g/mol. The number of aryl methyl sites for hydroxylation is 2. The fourth-order valence-corrected chi connectivity index (χ4v) is 3.49. The van der Waals surface area contributed by atoms with Crippen molar-refractivity contribution in [1.29, 1.82) is 0 Å². The van der Waals surface area contributed by atoms with Gasteiger partial charge in [0.25, 0.3) is 5.91 Å². The van der Waals surface area contributed by atoms with E-state index in [-0.39, 0.29) is 24.5 Å². The van der Waals surface area contributed by atoms with Gasteiger partial charge in [-0.2, -0.15) is 0 Å². The maximum absolute atomic E-state index is 12.5. The highest BCUT2D eigenvalue weighted by Crippen LogP contribution is 2.42. The summed E-state index contributed by atoms with van der Waals surface area (Å²) in [4.78, 5) is 25.9. The van der Waals surface area contributed by atoms with Crippen LogP contribution >= 0.6 is 0 Å². The standard InChI is InChI=1S/C16H20N2O3/c1-10-3-11(2)5-12(4-10)8-18-14(20)16(17-15(18)21)6-13(7-16)9-19/h3-5,13,19H,6-9H2,1-2H3,(H,17,21). The number of urea groups is 1. The van der Waals surface area contributed by atoms with E-state index in [2.05, 4.69) is 11.4 Å². The first-order valence-electron chi connectivity index (χ1n) is 7.26. The van der Waals surface area contributed by atoms with Crippen LogP contribution in [-0.2, 0) is 11.3 Å². The van der Waals surface area contributed by atoms with E-state index in [1.807, 2.05) is 26.0 Å². The highest BCUT2D eigenvalue weighted by Gasteiger charge is 2.58. The Bertz CT molecular complexity index is 585. The second kappa shape index (κ2) is 4.84. The highest BCUT2D eigenvalue weighted by molar-refractivity contribution is 6.07. The van der Waals surface area contributed by atoms with Gasteiger partial charge in [0.05, 0.1) is 6.54 Å². The second-order valence-electron chi connectivity index (χ2n) is 6.36. The molecule has 1 spiro atoms. The first-order chi connectivity index (χ1) is 9.93. The average molecular weight is 288 g/mol. The Balaban J connectivity index is 1.77. The lowest BCUT2D eigenvalue weighted by atomic mass is 9.68. The Morgan fingerprint density at radius 3 is 2.43 bits per heavy atom. The summed E-state index contributed by atoms with van der Waals surface area (Å²) in [6, 6.07) is 5.73. The highest BCUT2D eigenvalue weighted by atomic mass is 16.3. The molecule has 1 heterocycles. The normalized spacial score (nSPS) is 28.0. The molecule has 0 bridgehead atoms. The Morgan fingerprint density at radius 1 is 1.24 bits per heavy atom. The summed E-state index contributed by atoms with van der Waals surface area (Å²) in [5.74, 6) is -0.0354. The number of benzene rings is 1. The number of rotatable bonds is 3. The van der Waals surface area contributed by atoms with E-state index < -0.39 is 5.54 Å². The summed E-state index contributed by atoms with van der Waals surface area (Å²) in [7, 11) is 0. The van der Waals surface area contributed by atoms with E-state index in [1.54, 1.807) is 0 Å². The van der Waals surface area contributed by atoms with E-state index in [1.165, 1.54) is 4.90 Å². The van der Waals surface area contributed by atoms with Crippen molar-refractivity contribution in [2.45, 2.75) is 38.8 Å². The van der Waals surface area contributed by atoms with Crippen molar-refractivity contribution in [2.24, 2.45) is 5.92 Å². The van der Waals surface area contributed by atoms with Gasteiger partial charge in [0.2, 0.25) is 0 Å². The fourth-order valence-electron chi connectivity index (χ4n) is 3.49. The second-order valence-corrected chi connectivity index (χ2v) is 6.36. The number of nitrogens with one attached hydrogen (secondary N) is 1. The first kappa shape index (κ1) is 14.1. The molecule has 1 saturated heterocycles. The molecule has 1 aliphatic heterocycles. The maximum Gasteiger partial charge on any atom is 0.325 e. The third kappa shape index (κ3) is 2.31. The first-order valence-corrected chi connectivity index (χ1v) is 7.26. The van der Waals surface area contributed by atoms with Crippen LogP contribution in [0.5, 0.6) is 0 Å². The molecule has 112 valence electrons. The van der Waals surface area contributed by atoms with Gasteiger partial charge in [-0.15, -0.1) is 0 Å². The lowest BCUT2D eigenvalue weighted by molar-refractivity contribution is -0.137. The molecule has 3 rings (SSSR count). The largest absolute Gasteiger partial charge is 0.396 e.